The lowest BCUT2D eigenvalue weighted by Gasteiger charge is -2.46. The van der Waals surface area contributed by atoms with Crippen molar-refractivity contribution < 1.29 is 57.6 Å². The number of fused-ring (bicyclic) bond motifs is 4. The number of morpholine rings is 1. The molecule has 2 fully saturated rings. The SMILES string of the molecule is COC(=O)C(CC#Cc1ccc2c(c1)[C@]1(C(=O)N2C(=O)N[C@H](C)c2ccccc2)[C@H](c2ccc(O)cc2)N2[C@H](c3ccccc3)[C@H](c3ccccc3)OC(=O)[C@H]2[C@@H]1C(=O)N1CCc2cc(OC)c(OC)cc2C1)C(=O)OC. The van der Waals surface area contributed by atoms with Gasteiger partial charge in [0.1, 0.15) is 23.3 Å². The van der Waals surface area contributed by atoms with Gasteiger partial charge in [-0.2, -0.15) is 0 Å². The Morgan fingerprint density at radius 2 is 1.35 bits per heavy atom. The minimum Gasteiger partial charge on any atom is -0.508 e. The fourth-order valence-electron chi connectivity index (χ4n) is 11.8. The summed E-state index contributed by atoms with van der Waals surface area (Å²) in [6, 6.07) is 37.8. The molecule has 16 nitrogen and oxygen atoms in total. The minimum absolute atomic E-state index is 0.0639. The Bertz CT molecular complexity index is 3310. The van der Waals surface area contributed by atoms with Gasteiger partial charge < -0.3 is 39.0 Å². The number of carbonyl (C=O) groups excluding carboxylic acids is 6. The summed E-state index contributed by atoms with van der Waals surface area (Å²) in [5, 5.41) is 13.9. The number of phenolic OH excluding ortho intramolecular Hbond substituents is 1. The van der Waals surface area contributed by atoms with Crippen molar-refractivity contribution in [3.63, 3.8) is 0 Å². The lowest BCUT2D eigenvalue weighted by molar-refractivity contribution is -0.179. The maximum atomic E-state index is 16.9. The van der Waals surface area contributed by atoms with E-state index in [1.165, 1.54) is 19.2 Å². The van der Waals surface area contributed by atoms with E-state index < -0.39 is 83.3 Å². The quantitative estimate of drug-likeness (QED) is 0.0553. The number of methoxy groups -OCH3 is 4. The van der Waals surface area contributed by atoms with Crippen LogP contribution in [-0.2, 0) is 56.6 Å². The van der Waals surface area contributed by atoms with Gasteiger partial charge in [0.2, 0.25) is 11.8 Å². The van der Waals surface area contributed by atoms with Gasteiger partial charge in [0.15, 0.2) is 17.4 Å². The molecule has 4 heterocycles. The lowest BCUT2D eigenvalue weighted by Crippen LogP contribution is -2.57. The molecule has 4 aliphatic heterocycles. The van der Waals surface area contributed by atoms with Crippen LogP contribution in [0.15, 0.2) is 146 Å². The number of nitrogens with one attached hydrogen (secondary N) is 1. The summed E-state index contributed by atoms with van der Waals surface area (Å²) in [4.78, 5) is 94.6. The van der Waals surface area contributed by atoms with Crippen LogP contribution in [0.3, 0.4) is 0 Å². The van der Waals surface area contributed by atoms with Gasteiger partial charge in [-0.3, -0.25) is 28.9 Å². The monoisotopic (exact) mass is 1040 g/mol. The maximum absolute atomic E-state index is 16.9. The van der Waals surface area contributed by atoms with Crippen LogP contribution in [0.25, 0.3) is 0 Å². The van der Waals surface area contributed by atoms with Crippen LogP contribution < -0.4 is 19.7 Å². The fourth-order valence-corrected chi connectivity index (χ4v) is 11.8. The number of esters is 3. The number of aromatic hydroxyl groups is 1. The van der Waals surface area contributed by atoms with Crippen molar-refractivity contribution in [3.8, 4) is 29.1 Å². The van der Waals surface area contributed by atoms with Crippen molar-refractivity contribution in [3.05, 3.63) is 190 Å². The molecule has 2 N–H and O–H groups in total. The topological polar surface area (TPSA) is 191 Å². The van der Waals surface area contributed by atoms with Crippen molar-refractivity contribution in [2.75, 3.05) is 39.9 Å². The summed E-state index contributed by atoms with van der Waals surface area (Å²) in [6.45, 7) is 2.04. The van der Waals surface area contributed by atoms with Gasteiger partial charge in [-0.15, -0.1) is 0 Å². The highest BCUT2D eigenvalue weighted by atomic mass is 16.6. The molecule has 0 aromatic heterocycles. The molecule has 2 saturated heterocycles. The number of carbonyl (C=O) groups is 6. The summed E-state index contributed by atoms with van der Waals surface area (Å²) in [7, 11) is 5.38. The zero-order valence-corrected chi connectivity index (χ0v) is 43.0. The van der Waals surface area contributed by atoms with Gasteiger partial charge in [-0.05, 0) is 94.8 Å². The zero-order chi connectivity index (χ0) is 54.1. The third kappa shape index (κ3) is 9.05. The van der Waals surface area contributed by atoms with E-state index in [0.717, 1.165) is 35.8 Å². The number of urea groups is 1. The number of cyclic esters (lactones) is 1. The summed E-state index contributed by atoms with van der Waals surface area (Å²) in [5.74, 6) is 0.121. The van der Waals surface area contributed by atoms with Crippen molar-refractivity contribution in [1.29, 1.82) is 0 Å². The average molecular weight is 1040 g/mol. The van der Waals surface area contributed by atoms with Gasteiger partial charge in [0, 0.05) is 25.1 Å². The van der Waals surface area contributed by atoms with E-state index in [9.17, 15) is 14.7 Å². The van der Waals surface area contributed by atoms with Gasteiger partial charge in [0.25, 0.3) is 0 Å². The van der Waals surface area contributed by atoms with E-state index in [1.807, 2.05) is 108 Å². The summed E-state index contributed by atoms with van der Waals surface area (Å²) in [6.07, 6.45) is -0.884. The first-order valence-corrected chi connectivity index (χ1v) is 25.2. The molecule has 6 aromatic rings. The van der Waals surface area contributed by atoms with Crippen LogP contribution in [0, 0.1) is 23.7 Å². The largest absolute Gasteiger partial charge is 0.508 e. The molecule has 77 heavy (non-hydrogen) atoms. The summed E-state index contributed by atoms with van der Waals surface area (Å²) in [5.41, 5.74) is 2.75. The predicted molar refractivity (Wildman–Crippen MR) is 281 cm³/mol. The number of anilines is 1. The Morgan fingerprint density at radius 1 is 0.740 bits per heavy atom. The van der Waals surface area contributed by atoms with E-state index >= 15 is 19.2 Å². The van der Waals surface area contributed by atoms with Gasteiger partial charge >= 0.3 is 23.9 Å². The molecule has 392 valence electrons. The summed E-state index contributed by atoms with van der Waals surface area (Å²) < 4.78 is 27.8. The Hall–Kier alpha value is -8.94. The molecule has 1 spiro atoms. The third-order valence-electron chi connectivity index (χ3n) is 15.3. The fraction of sp³-hybridized carbons (Fsp3) is 0.279. The van der Waals surface area contributed by atoms with E-state index in [0.29, 0.717) is 40.2 Å². The Balaban J connectivity index is 1.25. The van der Waals surface area contributed by atoms with Crippen molar-refractivity contribution >= 4 is 41.4 Å². The Morgan fingerprint density at radius 3 is 1.97 bits per heavy atom. The second-order valence-corrected chi connectivity index (χ2v) is 19.4. The standard InChI is InChI=1S/C61H56N4O12/c1-36(38-17-9-6-10-18-38)62-60(72)64-47-29-24-37(16-15-23-45(56(68)75-4)57(69)76-5)32-46(47)61(59(64)71)50(55(67)63-31-30-42-33-48(73-2)49(74-3)34-43(42)35-63)52-58(70)77-53(40-21-13-8-14-22-40)51(39-19-11-7-12-20-39)65(52)54(61)41-25-27-44(66)28-26-41/h6-14,17-22,24-29,32-34,36,45,50-54,66H,23,30-31,35H2,1-5H3,(H,62,72)/t36-,50-,51-,52-,53+,54+,61-/m1/s1. The second kappa shape index (κ2) is 21.4. The highest BCUT2D eigenvalue weighted by Gasteiger charge is 2.76. The first-order chi connectivity index (χ1) is 37.3. The number of ether oxygens (including phenoxy) is 5. The molecule has 6 aromatic carbocycles. The molecule has 4 aliphatic rings. The lowest BCUT2D eigenvalue weighted by atomic mass is 9.64. The number of benzene rings is 6. The van der Waals surface area contributed by atoms with Gasteiger partial charge in [-0.1, -0.05) is 115 Å². The Labute approximate surface area is 445 Å². The van der Waals surface area contributed by atoms with E-state index in [2.05, 4.69) is 17.2 Å². The average Bonchev–Trinajstić information content (AvgIpc) is 3.89. The van der Waals surface area contributed by atoms with Crippen LogP contribution in [0.4, 0.5) is 10.5 Å². The van der Waals surface area contributed by atoms with Gasteiger partial charge in [0.05, 0.1) is 58.2 Å². The third-order valence-corrected chi connectivity index (χ3v) is 15.3. The number of rotatable bonds is 11. The molecular formula is C61H56N4O12. The molecule has 0 unspecified atom stereocenters. The van der Waals surface area contributed by atoms with Crippen molar-refractivity contribution in [2.45, 2.75) is 62.0 Å². The van der Waals surface area contributed by atoms with Crippen molar-refractivity contribution in [1.82, 2.24) is 15.1 Å². The van der Waals surface area contributed by atoms with Crippen LogP contribution >= 0.6 is 0 Å². The molecule has 0 radical (unpaired) electrons. The van der Waals surface area contributed by atoms with Crippen molar-refractivity contribution in [2.24, 2.45) is 11.8 Å². The zero-order valence-electron chi connectivity index (χ0n) is 43.0. The maximum Gasteiger partial charge on any atom is 0.329 e. The number of nitrogens with zero attached hydrogens (tertiary/aromatic N) is 3. The van der Waals surface area contributed by atoms with E-state index in [-0.39, 0.29) is 36.5 Å². The van der Waals surface area contributed by atoms with Gasteiger partial charge in [-0.25, -0.2) is 9.69 Å². The molecule has 0 aliphatic carbocycles. The number of hydrogen-bond donors (Lipinski definition) is 2. The molecule has 16 heteroatoms. The molecular weight excluding hydrogens is 981 g/mol. The first kappa shape index (κ1) is 51.5. The van der Waals surface area contributed by atoms with Crippen LogP contribution in [-0.4, -0.2) is 91.7 Å². The Kier molecular flexibility index (Phi) is 14.3. The predicted octanol–water partition coefficient (Wildman–Crippen LogP) is 7.83. The number of amides is 4. The molecule has 0 saturated carbocycles. The highest BCUT2D eigenvalue weighted by Crippen LogP contribution is 2.66. The van der Waals surface area contributed by atoms with Crippen LogP contribution in [0.5, 0.6) is 17.2 Å². The number of hydrogen-bond acceptors (Lipinski definition) is 13. The number of phenols is 1. The minimum atomic E-state index is -2.14. The summed E-state index contributed by atoms with van der Waals surface area (Å²) >= 11 is 0. The number of imide groups is 1. The second-order valence-electron chi connectivity index (χ2n) is 19.4. The molecule has 7 atom stereocenters. The smallest absolute Gasteiger partial charge is 0.329 e. The molecule has 10 rings (SSSR count). The molecule has 4 amide bonds. The molecule has 0 bridgehead atoms. The van der Waals surface area contributed by atoms with Crippen LogP contribution in [0.1, 0.15) is 82.1 Å². The van der Waals surface area contributed by atoms with Crippen LogP contribution in [0.2, 0.25) is 0 Å². The van der Waals surface area contributed by atoms with E-state index in [1.54, 1.807) is 49.3 Å². The van der Waals surface area contributed by atoms with E-state index in [4.69, 9.17) is 23.7 Å². The normalized spacial score (nSPS) is 21.7. The first-order valence-electron chi connectivity index (χ1n) is 25.2. The highest BCUT2D eigenvalue weighted by molar-refractivity contribution is 6.24.